The van der Waals surface area contributed by atoms with Gasteiger partial charge < -0.3 is 4.74 Å². The molecule has 1 unspecified atom stereocenters. The maximum absolute atomic E-state index is 12.2. The molecule has 0 bridgehead atoms. The molecule has 2 rings (SSSR count). The third-order valence-corrected chi connectivity index (χ3v) is 3.26. The SMILES string of the molecule is C=CC1=CN(C(=O)OCc2ccccc2)C(C=C)CC1=O. The summed E-state index contributed by atoms with van der Waals surface area (Å²) in [7, 11) is 0. The standard InChI is InChI=1S/C17H17NO3/c1-3-14-11-18(15(4-2)10-16(14)19)17(20)21-12-13-8-6-5-7-9-13/h3-9,11,15H,1-2,10,12H2. The molecule has 0 spiro atoms. The van der Waals surface area contributed by atoms with E-state index in [0.29, 0.717) is 5.57 Å². The van der Waals surface area contributed by atoms with Crippen LogP contribution in [0.25, 0.3) is 0 Å². The first-order valence-corrected chi connectivity index (χ1v) is 6.64. The molecule has 1 aliphatic rings. The third-order valence-electron chi connectivity index (χ3n) is 3.26. The summed E-state index contributed by atoms with van der Waals surface area (Å²) in [6.07, 6.45) is 4.17. The Labute approximate surface area is 124 Å². The van der Waals surface area contributed by atoms with Crippen molar-refractivity contribution in [1.82, 2.24) is 4.90 Å². The van der Waals surface area contributed by atoms with E-state index in [2.05, 4.69) is 13.2 Å². The number of benzene rings is 1. The Balaban J connectivity index is 2.09. The zero-order valence-electron chi connectivity index (χ0n) is 11.7. The van der Waals surface area contributed by atoms with Gasteiger partial charge in [0.15, 0.2) is 5.78 Å². The molecule has 1 aliphatic heterocycles. The van der Waals surface area contributed by atoms with Crippen molar-refractivity contribution in [2.45, 2.75) is 19.1 Å². The molecule has 1 aromatic carbocycles. The Kier molecular flexibility index (Phi) is 4.72. The zero-order valence-corrected chi connectivity index (χ0v) is 11.7. The Morgan fingerprint density at radius 2 is 2.05 bits per heavy atom. The third kappa shape index (κ3) is 3.48. The van der Waals surface area contributed by atoms with E-state index in [0.717, 1.165) is 5.56 Å². The lowest BCUT2D eigenvalue weighted by atomic mass is 9.99. The second-order valence-corrected chi connectivity index (χ2v) is 4.67. The fourth-order valence-corrected chi connectivity index (χ4v) is 2.07. The summed E-state index contributed by atoms with van der Waals surface area (Å²) < 4.78 is 5.28. The van der Waals surface area contributed by atoms with Crippen molar-refractivity contribution in [3.8, 4) is 0 Å². The van der Waals surface area contributed by atoms with Gasteiger partial charge in [0.25, 0.3) is 0 Å². The van der Waals surface area contributed by atoms with Crippen LogP contribution in [0.1, 0.15) is 12.0 Å². The minimum atomic E-state index is -0.504. The number of carbonyl (C=O) groups excluding carboxylic acids is 2. The Morgan fingerprint density at radius 3 is 2.67 bits per heavy atom. The number of amides is 1. The molecule has 0 radical (unpaired) electrons. The molecule has 0 aromatic heterocycles. The Morgan fingerprint density at radius 1 is 1.33 bits per heavy atom. The van der Waals surface area contributed by atoms with Gasteiger partial charge in [0, 0.05) is 18.2 Å². The number of carbonyl (C=O) groups is 2. The number of ether oxygens (including phenoxy) is 1. The summed E-state index contributed by atoms with van der Waals surface area (Å²) in [5.74, 6) is -0.0537. The summed E-state index contributed by atoms with van der Waals surface area (Å²) in [6, 6.07) is 9.03. The zero-order chi connectivity index (χ0) is 15.2. The van der Waals surface area contributed by atoms with E-state index < -0.39 is 6.09 Å². The van der Waals surface area contributed by atoms with Crippen LogP contribution in [0.15, 0.2) is 67.4 Å². The highest BCUT2D eigenvalue weighted by Crippen LogP contribution is 2.20. The molecule has 1 aromatic rings. The molecule has 0 saturated carbocycles. The smallest absolute Gasteiger partial charge is 0.414 e. The number of nitrogens with zero attached hydrogens (tertiary/aromatic N) is 1. The van der Waals surface area contributed by atoms with Gasteiger partial charge in [0.2, 0.25) is 0 Å². The minimum Gasteiger partial charge on any atom is -0.444 e. The lowest BCUT2D eigenvalue weighted by molar-refractivity contribution is -0.116. The van der Waals surface area contributed by atoms with Crippen LogP contribution < -0.4 is 0 Å². The minimum absolute atomic E-state index is 0.0537. The second kappa shape index (κ2) is 6.70. The van der Waals surface area contributed by atoms with Gasteiger partial charge in [0.05, 0.1) is 6.04 Å². The summed E-state index contributed by atoms with van der Waals surface area (Å²) in [5, 5.41) is 0. The van der Waals surface area contributed by atoms with Crippen molar-refractivity contribution in [3.05, 3.63) is 73.0 Å². The van der Waals surface area contributed by atoms with E-state index >= 15 is 0 Å². The van der Waals surface area contributed by atoms with Crippen LogP contribution >= 0.6 is 0 Å². The van der Waals surface area contributed by atoms with Gasteiger partial charge in [-0.3, -0.25) is 9.69 Å². The number of ketones is 1. The predicted octanol–water partition coefficient (Wildman–Crippen LogP) is 3.22. The topological polar surface area (TPSA) is 46.6 Å². The van der Waals surface area contributed by atoms with E-state index in [1.807, 2.05) is 30.3 Å². The van der Waals surface area contributed by atoms with Gasteiger partial charge in [-0.15, -0.1) is 6.58 Å². The molecule has 1 amide bonds. The molecule has 1 atom stereocenters. The van der Waals surface area contributed by atoms with Gasteiger partial charge in [0.1, 0.15) is 6.61 Å². The molecular formula is C17H17NO3. The average Bonchev–Trinajstić information content (AvgIpc) is 2.53. The second-order valence-electron chi connectivity index (χ2n) is 4.67. The van der Waals surface area contributed by atoms with E-state index in [-0.39, 0.29) is 24.9 Å². The Bertz CT molecular complexity index is 589. The summed E-state index contributed by atoms with van der Waals surface area (Å²) in [6.45, 7) is 7.43. The van der Waals surface area contributed by atoms with Crippen molar-refractivity contribution in [3.63, 3.8) is 0 Å². The van der Waals surface area contributed by atoms with Crippen LogP contribution in [0.4, 0.5) is 4.79 Å². The number of rotatable bonds is 4. The summed E-state index contributed by atoms with van der Waals surface area (Å²) in [4.78, 5) is 25.3. The van der Waals surface area contributed by atoms with Gasteiger partial charge in [-0.1, -0.05) is 49.1 Å². The maximum atomic E-state index is 12.2. The fraction of sp³-hybridized carbons (Fsp3) is 0.176. The highest BCUT2D eigenvalue weighted by Gasteiger charge is 2.29. The van der Waals surface area contributed by atoms with Gasteiger partial charge >= 0.3 is 6.09 Å². The summed E-state index contributed by atoms with van der Waals surface area (Å²) in [5.41, 5.74) is 1.31. The lowest BCUT2D eigenvalue weighted by Crippen LogP contribution is -2.40. The molecular weight excluding hydrogens is 266 g/mol. The Hall–Kier alpha value is -2.62. The van der Waals surface area contributed by atoms with Crippen LogP contribution in [0.5, 0.6) is 0 Å². The van der Waals surface area contributed by atoms with E-state index in [4.69, 9.17) is 4.74 Å². The molecule has 0 fully saturated rings. The number of allylic oxidation sites excluding steroid dienone is 2. The summed E-state index contributed by atoms with van der Waals surface area (Å²) >= 11 is 0. The van der Waals surface area contributed by atoms with Crippen LogP contribution in [0.3, 0.4) is 0 Å². The number of hydrogen-bond donors (Lipinski definition) is 0. The van der Waals surface area contributed by atoms with Crippen molar-refractivity contribution < 1.29 is 14.3 Å². The number of Topliss-reactive ketones (excluding diaryl/α,β-unsaturated/α-hetero) is 1. The average molecular weight is 283 g/mol. The van der Waals surface area contributed by atoms with Crippen LogP contribution in [-0.2, 0) is 16.1 Å². The van der Waals surface area contributed by atoms with Crippen molar-refractivity contribution >= 4 is 11.9 Å². The molecule has 0 saturated heterocycles. The maximum Gasteiger partial charge on any atom is 0.414 e. The molecule has 21 heavy (non-hydrogen) atoms. The van der Waals surface area contributed by atoms with Crippen LogP contribution in [-0.4, -0.2) is 22.8 Å². The lowest BCUT2D eigenvalue weighted by Gasteiger charge is -2.29. The van der Waals surface area contributed by atoms with Gasteiger partial charge in [-0.25, -0.2) is 4.79 Å². The molecule has 0 aliphatic carbocycles. The molecule has 108 valence electrons. The van der Waals surface area contributed by atoms with Crippen LogP contribution in [0, 0.1) is 0 Å². The first kappa shape index (κ1) is 14.8. The molecule has 4 nitrogen and oxygen atoms in total. The first-order valence-electron chi connectivity index (χ1n) is 6.64. The van der Waals surface area contributed by atoms with Crippen molar-refractivity contribution in [1.29, 1.82) is 0 Å². The van der Waals surface area contributed by atoms with Crippen molar-refractivity contribution in [2.75, 3.05) is 0 Å². The number of hydrogen-bond acceptors (Lipinski definition) is 3. The van der Waals surface area contributed by atoms with Crippen LogP contribution in [0.2, 0.25) is 0 Å². The van der Waals surface area contributed by atoms with Gasteiger partial charge in [-0.2, -0.15) is 0 Å². The quantitative estimate of drug-likeness (QED) is 0.797. The van der Waals surface area contributed by atoms with E-state index in [1.165, 1.54) is 17.2 Å². The highest BCUT2D eigenvalue weighted by atomic mass is 16.6. The fourth-order valence-electron chi connectivity index (χ4n) is 2.07. The molecule has 1 heterocycles. The van der Waals surface area contributed by atoms with E-state index in [9.17, 15) is 9.59 Å². The molecule has 0 N–H and O–H groups in total. The highest BCUT2D eigenvalue weighted by molar-refractivity contribution is 6.00. The first-order chi connectivity index (χ1) is 10.2. The normalized spacial score (nSPS) is 17.9. The molecule has 4 heteroatoms. The van der Waals surface area contributed by atoms with Crippen molar-refractivity contribution in [2.24, 2.45) is 0 Å². The van der Waals surface area contributed by atoms with Gasteiger partial charge in [-0.05, 0) is 5.56 Å². The predicted molar refractivity (Wildman–Crippen MR) is 80.4 cm³/mol. The largest absolute Gasteiger partial charge is 0.444 e. The van der Waals surface area contributed by atoms with E-state index in [1.54, 1.807) is 6.08 Å². The monoisotopic (exact) mass is 283 g/mol.